The van der Waals surface area contributed by atoms with Gasteiger partial charge in [0.15, 0.2) is 0 Å². The third-order valence-electron chi connectivity index (χ3n) is 3.47. The SMILES string of the molecule is CC(=O)Nc1ccc(-c2cn(-c3cc(N)ccc3C)nn2)cc1. The number of nitrogens with two attached hydrogens (primary N) is 1. The molecule has 0 fully saturated rings. The van der Waals surface area contributed by atoms with E-state index in [2.05, 4.69) is 15.6 Å². The summed E-state index contributed by atoms with van der Waals surface area (Å²) in [6.07, 6.45) is 1.86. The average molecular weight is 307 g/mol. The molecule has 0 atom stereocenters. The first-order valence-electron chi connectivity index (χ1n) is 7.20. The number of carbonyl (C=O) groups excluding carboxylic acids is 1. The maximum absolute atomic E-state index is 11.0. The molecule has 1 aromatic heterocycles. The summed E-state index contributed by atoms with van der Waals surface area (Å²) in [5, 5.41) is 11.1. The zero-order chi connectivity index (χ0) is 16.4. The number of nitrogens with zero attached hydrogens (tertiary/aromatic N) is 3. The van der Waals surface area contributed by atoms with E-state index in [1.54, 1.807) is 4.68 Å². The van der Waals surface area contributed by atoms with Crippen LogP contribution in [0.25, 0.3) is 16.9 Å². The zero-order valence-corrected chi connectivity index (χ0v) is 12.9. The van der Waals surface area contributed by atoms with Crippen LogP contribution in [0.4, 0.5) is 11.4 Å². The Kier molecular flexibility index (Phi) is 3.80. The fourth-order valence-corrected chi connectivity index (χ4v) is 2.31. The van der Waals surface area contributed by atoms with Gasteiger partial charge in [-0.25, -0.2) is 4.68 Å². The highest BCUT2D eigenvalue weighted by atomic mass is 16.1. The molecule has 0 spiro atoms. The minimum atomic E-state index is -0.0964. The van der Waals surface area contributed by atoms with Crippen molar-refractivity contribution in [3.63, 3.8) is 0 Å². The molecule has 116 valence electrons. The molecule has 23 heavy (non-hydrogen) atoms. The van der Waals surface area contributed by atoms with Crippen LogP contribution in [-0.4, -0.2) is 20.9 Å². The van der Waals surface area contributed by atoms with Crippen molar-refractivity contribution >= 4 is 17.3 Å². The molecule has 3 rings (SSSR count). The van der Waals surface area contributed by atoms with Gasteiger partial charge in [-0.05, 0) is 36.8 Å². The van der Waals surface area contributed by atoms with E-state index in [4.69, 9.17) is 5.73 Å². The predicted octanol–water partition coefficient (Wildman–Crippen LogP) is 2.78. The standard InChI is InChI=1S/C17H17N5O/c1-11-3-6-14(18)9-17(11)22-10-16(20-21-22)13-4-7-15(8-5-13)19-12(2)23/h3-10H,18H2,1-2H3,(H,19,23). The highest BCUT2D eigenvalue weighted by molar-refractivity contribution is 5.88. The largest absolute Gasteiger partial charge is 0.399 e. The highest BCUT2D eigenvalue weighted by Gasteiger charge is 2.08. The third-order valence-corrected chi connectivity index (χ3v) is 3.47. The highest BCUT2D eigenvalue weighted by Crippen LogP contribution is 2.22. The summed E-state index contributed by atoms with van der Waals surface area (Å²) < 4.78 is 1.71. The summed E-state index contributed by atoms with van der Waals surface area (Å²) in [4.78, 5) is 11.0. The summed E-state index contributed by atoms with van der Waals surface area (Å²) in [7, 11) is 0. The molecule has 6 nitrogen and oxygen atoms in total. The van der Waals surface area contributed by atoms with Crippen molar-refractivity contribution in [2.75, 3.05) is 11.1 Å². The van der Waals surface area contributed by atoms with Gasteiger partial charge in [0.25, 0.3) is 0 Å². The number of amides is 1. The molecule has 2 aromatic carbocycles. The number of hydrogen-bond acceptors (Lipinski definition) is 4. The second kappa shape index (κ2) is 5.92. The minimum absolute atomic E-state index is 0.0964. The lowest BCUT2D eigenvalue weighted by Crippen LogP contribution is -2.05. The molecule has 3 N–H and O–H groups in total. The van der Waals surface area contributed by atoms with Crippen molar-refractivity contribution in [1.29, 1.82) is 0 Å². The van der Waals surface area contributed by atoms with Crippen molar-refractivity contribution in [1.82, 2.24) is 15.0 Å². The van der Waals surface area contributed by atoms with Crippen LogP contribution in [-0.2, 0) is 4.79 Å². The minimum Gasteiger partial charge on any atom is -0.399 e. The van der Waals surface area contributed by atoms with Gasteiger partial charge in [0, 0.05) is 23.9 Å². The van der Waals surface area contributed by atoms with Gasteiger partial charge < -0.3 is 11.1 Å². The van der Waals surface area contributed by atoms with Crippen LogP contribution >= 0.6 is 0 Å². The first-order chi connectivity index (χ1) is 11.0. The first-order valence-corrected chi connectivity index (χ1v) is 7.20. The van der Waals surface area contributed by atoms with Crippen molar-refractivity contribution in [2.45, 2.75) is 13.8 Å². The quantitative estimate of drug-likeness (QED) is 0.729. The van der Waals surface area contributed by atoms with Gasteiger partial charge in [0.1, 0.15) is 5.69 Å². The summed E-state index contributed by atoms with van der Waals surface area (Å²) in [5.74, 6) is -0.0964. The number of aromatic nitrogens is 3. The van der Waals surface area contributed by atoms with Crippen LogP contribution < -0.4 is 11.1 Å². The number of aryl methyl sites for hydroxylation is 1. The summed E-state index contributed by atoms with van der Waals surface area (Å²) in [5.41, 5.74) is 10.9. The second-order valence-electron chi connectivity index (χ2n) is 5.35. The molecule has 1 amide bonds. The van der Waals surface area contributed by atoms with Crippen LogP contribution in [0.5, 0.6) is 0 Å². The number of anilines is 2. The molecule has 0 aliphatic heterocycles. The van der Waals surface area contributed by atoms with E-state index in [1.165, 1.54) is 6.92 Å². The normalized spacial score (nSPS) is 10.5. The Morgan fingerprint density at radius 1 is 1.17 bits per heavy atom. The molecule has 0 aliphatic carbocycles. The molecule has 0 unspecified atom stereocenters. The zero-order valence-electron chi connectivity index (χ0n) is 12.9. The van der Waals surface area contributed by atoms with Crippen molar-refractivity contribution in [3.05, 3.63) is 54.2 Å². The molecule has 0 saturated carbocycles. The topological polar surface area (TPSA) is 85.8 Å². The lowest BCUT2D eigenvalue weighted by Gasteiger charge is -2.05. The molecular weight excluding hydrogens is 290 g/mol. The van der Waals surface area contributed by atoms with Crippen molar-refractivity contribution < 1.29 is 4.79 Å². The van der Waals surface area contributed by atoms with Gasteiger partial charge in [0.2, 0.25) is 5.91 Å². The average Bonchev–Trinajstić information content (AvgIpc) is 2.99. The molecule has 0 bridgehead atoms. The Morgan fingerprint density at radius 2 is 1.91 bits per heavy atom. The van der Waals surface area contributed by atoms with Gasteiger partial charge in [0.05, 0.1) is 11.9 Å². The predicted molar refractivity (Wildman–Crippen MR) is 90.2 cm³/mol. The smallest absolute Gasteiger partial charge is 0.221 e. The Labute approximate surface area is 133 Å². The van der Waals surface area contributed by atoms with E-state index in [-0.39, 0.29) is 5.91 Å². The van der Waals surface area contributed by atoms with Gasteiger partial charge in [-0.15, -0.1) is 5.10 Å². The third kappa shape index (κ3) is 3.21. The van der Waals surface area contributed by atoms with E-state index in [0.29, 0.717) is 5.69 Å². The molecule has 0 aliphatic rings. The van der Waals surface area contributed by atoms with E-state index >= 15 is 0 Å². The molecule has 0 radical (unpaired) electrons. The van der Waals surface area contributed by atoms with E-state index < -0.39 is 0 Å². The number of hydrogen-bond donors (Lipinski definition) is 2. The number of nitrogens with one attached hydrogen (secondary N) is 1. The van der Waals surface area contributed by atoms with Crippen LogP contribution in [0.2, 0.25) is 0 Å². The monoisotopic (exact) mass is 307 g/mol. The lowest BCUT2D eigenvalue weighted by molar-refractivity contribution is -0.114. The fourth-order valence-electron chi connectivity index (χ4n) is 2.31. The second-order valence-corrected chi connectivity index (χ2v) is 5.35. The lowest BCUT2D eigenvalue weighted by atomic mass is 10.1. The van der Waals surface area contributed by atoms with E-state index in [9.17, 15) is 4.79 Å². The Hall–Kier alpha value is -3.15. The van der Waals surface area contributed by atoms with Crippen LogP contribution in [0, 0.1) is 6.92 Å². The molecule has 3 aromatic rings. The van der Waals surface area contributed by atoms with Crippen LogP contribution in [0.3, 0.4) is 0 Å². The summed E-state index contributed by atoms with van der Waals surface area (Å²) >= 11 is 0. The Bertz CT molecular complexity index is 852. The molecular formula is C17H17N5O. The van der Waals surface area contributed by atoms with Gasteiger partial charge in [-0.3, -0.25) is 4.79 Å². The Balaban J connectivity index is 1.89. The van der Waals surface area contributed by atoms with Gasteiger partial charge >= 0.3 is 0 Å². The summed E-state index contributed by atoms with van der Waals surface area (Å²) in [6, 6.07) is 13.1. The summed E-state index contributed by atoms with van der Waals surface area (Å²) in [6.45, 7) is 3.48. The van der Waals surface area contributed by atoms with Crippen LogP contribution in [0.15, 0.2) is 48.7 Å². The molecule has 0 saturated heterocycles. The van der Waals surface area contributed by atoms with Gasteiger partial charge in [-0.1, -0.05) is 23.4 Å². The first kappa shape index (κ1) is 14.8. The molecule has 1 heterocycles. The van der Waals surface area contributed by atoms with E-state index in [0.717, 1.165) is 28.2 Å². The maximum atomic E-state index is 11.0. The van der Waals surface area contributed by atoms with Crippen molar-refractivity contribution in [2.24, 2.45) is 0 Å². The Morgan fingerprint density at radius 3 is 2.61 bits per heavy atom. The van der Waals surface area contributed by atoms with Crippen molar-refractivity contribution in [3.8, 4) is 16.9 Å². The number of benzene rings is 2. The molecule has 6 heteroatoms. The maximum Gasteiger partial charge on any atom is 0.221 e. The van der Waals surface area contributed by atoms with Crippen LogP contribution in [0.1, 0.15) is 12.5 Å². The van der Waals surface area contributed by atoms with Gasteiger partial charge in [-0.2, -0.15) is 0 Å². The number of nitrogen functional groups attached to an aromatic ring is 1. The number of carbonyl (C=O) groups is 1. The fraction of sp³-hybridized carbons (Fsp3) is 0.118. The number of rotatable bonds is 3. The van der Waals surface area contributed by atoms with E-state index in [1.807, 2.05) is 55.6 Å².